The molecule has 2 N–H and O–H groups in total. The quantitative estimate of drug-likeness (QED) is 0.666. The van der Waals surface area contributed by atoms with Gasteiger partial charge in [0.05, 0.1) is 0 Å². The molecule has 0 saturated heterocycles. The van der Waals surface area contributed by atoms with Crippen molar-refractivity contribution < 1.29 is 9.90 Å². The molecule has 1 aliphatic rings. The maximum atomic E-state index is 10.3. The molecule has 0 aliphatic heterocycles. The first kappa shape index (κ1) is 12.5. The molecule has 0 aromatic carbocycles. The molecule has 15 heavy (non-hydrogen) atoms. The van der Waals surface area contributed by atoms with E-state index in [9.17, 15) is 4.79 Å². The maximum absolute atomic E-state index is 10.3. The number of rotatable bonds is 6. The van der Waals surface area contributed by atoms with Crippen molar-refractivity contribution in [1.29, 1.82) is 0 Å². The Bertz CT molecular complexity index is 194. The summed E-state index contributed by atoms with van der Waals surface area (Å²) in [5.74, 6) is 0.110. The number of nitrogens with one attached hydrogen (secondary N) is 1. The van der Waals surface area contributed by atoms with E-state index in [1.54, 1.807) is 0 Å². The lowest BCUT2D eigenvalue weighted by Gasteiger charge is -2.29. The van der Waals surface area contributed by atoms with E-state index in [1.165, 1.54) is 25.7 Å². The number of carboxylic acids is 1. The highest BCUT2D eigenvalue weighted by Crippen LogP contribution is 2.23. The van der Waals surface area contributed by atoms with Gasteiger partial charge in [-0.25, -0.2) is 0 Å². The van der Waals surface area contributed by atoms with Crippen LogP contribution in [0.15, 0.2) is 0 Å². The Morgan fingerprint density at radius 1 is 1.33 bits per heavy atom. The van der Waals surface area contributed by atoms with Gasteiger partial charge in [0.15, 0.2) is 0 Å². The van der Waals surface area contributed by atoms with Crippen LogP contribution in [-0.2, 0) is 4.79 Å². The van der Waals surface area contributed by atoms with Gasteiger partial charge in [-0.15, -0.1) is 0 Å². The first-order chi connectivity index (χ1) is 7.20. The van der Waals surface area contributed by atoms with Crippen molar-refractivity contribution in [2.24, 2.45) is 5.92 Å². The van der Waals surface area contributed by atoms with Crippen LogP contribution in [0.3, 0.4) is 0 Å². The maximum Gasteiger partial charge on any atom is 0.303 e. The number of hydrogen-bond acceptors (Lipinski definition) is 2. The molecule has 88 valence electrons. The summed E-state index contributed by atoms with van der Waals surface area (Å²) in [6, 6.07) is 0.670. The number of carboxylic acid groups (broad SMARTS) is 1. The Morgan fingerprint density at radius 3 is 2.73 bits per heavy atom. The summed E-state index contributed by atoms with van der Waals surface area (Å²) in [7, 11) is 0. The second kappa shape index (κ2) is 6.83. The fourth-order valence-corrected chi connectivity index (χ4v) is 2.31. The Labute approximate surface area is 92.3 Å². The average molecular weight is 213 g/mol. The normalized spacial score (nSPS) is 26.5. The minimum atomic E-state index is -0.680. The number of aliphatic carboxylic acids is 1. The Hall–Kier alpha value is -0.570. The molecule has 1 aliphatic carbocycles. The van der Waals surface area contributed by atoms with Gasteiger partial charge in [-0.1, -0.05) is 19.8 Å². The highest BCUT2D eigenvalue weighted by Gasteiger charge is 2.19. The van der Waals surface area contributed by atoms with Crippen molar-refractivity contribution in [3.8, 4) is 0 Å². The summed E-state index contributed by atoms with van der Waals surface area (Å²) in [6.45, 7) is 3.29. The molecule has 1 rings (SSSR count). The van der Waals surface area contributed by atoms with Crippen molar-refractivity contribution in [2.75, 3.05) is 6.54 Å². The molecule has 0 heterocycles. The van der Waals surface area contributed by atoms with Gasteiger partial charge < -0.3 is 10.4 Å². The van der Waals surface area contributed by atoms with Crippen LogP contribution < -0.4 is 5.32 Å². The summed E-state index contributed by atoms with van der Waals surface area (Å²) in [5.41, 5.74) is 0. The van der Waals surface area contributed by atoms with Gasteiger partial charge in [-0.3, -0.25) is 4.79 Å². The van der Waals surface area contributed by atoms with E-state index in [0.29, 0.717) is 12.5 Å². The zero-order chi connectivity index (χ0) is 11.1. The molecule has 2 atom stereocenters. The first-order valence-electron chi connectivity index (χ1n) is 6.15. The zero-order valence-electron chi connectivity index (χ0n) is 9.67. The molecule has 1 saturated carbocycles. The number of unbranched alkanes of at least 4 members (excludes halogenated alkanes) is 1. The average Bonchev–Trinajstić information content (AvgIpc) is 2.20. The molecule has 0 aromatic heterocycles. The van der Waals surface area contributed by atoms with Crippen LogP contribution in [0, 0.1) is 5.92 Å². The van der Waals surface area contributed by atoms with Crippen LogP contribution in [0.2, 0.25) is 0 Å². The van der Waals surface area contributed by atoms with Gasteiger partial charge in [0.25, 0.3) is 0 Å². The van der Waals surface area contributed by atoms with Crippen LogP contribution in [-0.4, -0.2) is 23.7 Å². The standard InChI is InChI=1S/C12H23NO2/c1-10-6-2-3-7-11(10)13-9-5-4-8-12(14)15/h10-11,13H,2-9H2,1H3,(H,14,15). The minimum Gasteiger partial charge on any atom is -0.481 e. The van der Waals surface area contributed by atoms with E-state index in [0.717, 1.165) is 25.3 Å². The molecular formula is C12H23NO2. The van der Waals surface area contributed by atoms with Crippen LogP contribution in [0.25, 0.3) is 0 Å². The fourth-order valence-electron chi connectivity index (χ4n) is 2.31. The van der Waals surface area contributed by atoms with Crippen LogP contribution in [0.4, 0.5) is 0 Å². The second-order valence-electron chi connectivity index (χ2n) is 4.67. The lowest BCUT2D eigenvalue weighted by Crippen LogP contribution is -2.37. The molecule has 0 spiro atoms. The highest BCUT2D eigenvalue weighted by molar-refractivity contribution is 5.66. The van der Waals surface area contributed by atoms with Gasteiger partial charge >= 0.3 is 5.97 Å². The van der Waals surface area contributed by atoms with E-state index in [-0.39, 0.29) is 0 Å². The van der Waals surface area contributed by atoms with Crippen molar-refractivity contribution in [1.82, 2.24) is 5.32 Å². The van der Waals surface area contributed by atoms with E-state index >= 15 is 0 Å². The van der Waals surface area contributed by atoms with Crippen molar-refractivity contribution in [2.45, 2.75) is 57.9 Å². The fraction of sp³-hybridized carbons (Fsp3) is 0.917. The van der Waals surface area contributed by atoms with Crippen LogP contribution in [0.5, 0.6) is 0 Å². The van der Waals surface area contributed by atoms with E-state index < -0.39 is 5.97 Å². The van der Waals surface area contributed by atoms with Crippen LogP contribution >= 0.6 is 0 Å². The molecule has 2 unspecified atom stereocenters. The topological polar surface area (TPSA) is 49.3 Å². The van der Waals surface area contributed by atoms with Gasteiger partial charge in [-0.2, -0.15) is 0 Å². The molecule has 3 heteroatoms. The number of carbonyl (C=O) groups is 1. The van der Waals surface area contributed by atoms with Gasteiger partial charge in [0.2, 0.25) is 0 Å². The molecule has 0 bridgehead atoms. The summed E-state index contributed by atoms with van der Waals surface area (Å²) < 4.78 is 0. The highest BCUT2D eigenvalue weighted by atomic mass is 16.4. The van der Waals surface area contributed by atoms with Crippen LogP contribution in [0.1, 0.15) is 51.9 Å². The third-order valence-corrected chi connectivity index (χ3v) is 3.34. The van der Waals surface area contributed by atoms with E-state index in [1.807, 2.05) is 0 Å². The smallest absolute Gasteiger partial charge is 0.303 e. The summed E-state index contributed by atoms with van der Waals surface area (Å²) >= 11 is 0. The molecule has 0 radical (unpaired) electrons. The first-order valence-corrected chi connectivity index (χ1v) is 6.15. The third-order valence-electron chi connectivity index (χ3n) is 3.34. The van der Waals surface area contributed by atoms with Gasteiger partial charge in [-0.05, 0) is 38.1 Å². The largest absolute Gasteiger partial charge is 0.481 e. The predicted octanol–water partition coefficient (Wildman–Crippen LogP) is 2.41. The molecule has 0 aromatic rings. The molecule has 1 fully saturated rings. The summed E-state index contributed by atoms with van der Waals surface area (Å²) in [5, 5.41) is 12.0. The van der Waals surface area contributed by atoms with Crippen molar-refractivity contribution in [3.63, 3.8) is 0 Å². The Kier molecular flexibility index (Phi) is 5.69. The van der Waals surface area contributed by atoms with Gasteiger partial charge in [0.1, 0.15) is 0 Å². The lowest BCUT2D eigenvalue weighted by atomic mass is 9.86. The summed E-state index contributed by atoms with van der Waals surface area (Å²) in [6.07, 6.45) is 7.43. The minimum absolute atomic E-state index is 0.307. The Morgan fingerprint density at radius 2 is 2.07 bits per heavy atom. The van der Waals surface area contributed by atoms with Crippen molar-refractivity contribution >= 4 is 5.97 Å². The third kappa shape index (κ3) is 5.17. The van der Waals surface area contributed by atoms with Gasteiger partial charge in [0, 0.05) is 12.5 Å². The van der Waals surface area contributed by atoms with Crippen molar-refractivity contribution in [3.05, 3.63) is 0 Å². The predicted molar refractivity (Wildman–Crippen MR) is 60.9 cm³/mol. The second-order valence-corrected chi connectivity index (χ2v) is 4.67. The monoisotopic (exact) mass is 213 g/mol. The molecular weight excluding hydrogens is 190 g/mol. The molecule has 0 amide bonds. The van der Waals surface area contributed by atoms with E-state index in [4.69, 9.17) is 5.11 Å². The lowest BCUT2D eigenvalue weighted by molar-refractivity contribution is -0.137. The zero-order valence-corrected chi connectivity index (χ0v) is 9.67. The van der Waals surface area contributed by atoms with E-state index in [2.05, 4.69) is 12.2 Å². The summed E-state index contributed by atoms with van der Waals surface area (Å²) in [4.78, 5) is 10.3. The Balaban J connectivity index is 2.01. The molecule has 3 nitrogen and oxygen atoms in total. The SMILES string of the molecule is CC1CCCCC1NCCCCC(=O)O. The number of hydrogen-bond donors (Lipinski definition) is 2.